The average molecular weight is 492 g/mol. The molecule has 0 atom stereocenters. The minimum Gasteiger partial charge on any atom is -0.368 e. The number of anilines is 1. The molecule has 0 spiro atoms. The summed E-state index contributed by atoms with van der Waals surface area (Å²) >= 11 is 5.91. The van der Waals surface area contributed by atoms with E-state index in [0.717, 1.165) is 12.3 Å². The van der Waals surface area contributed by atoms with Crippen LogP contribution in [0.3, 0.4) is 0 Å². The molecule has 2 aromatic rings. The first-order chi connectivity index (χ1) is 15.1. The Morgan fingerprint density at radius 3 is 2.47 bits per heavy atom. The number of pyridine rings is 2. The lowest BCUT2D eigenvalue weighted by molar-refractivity contribution is -0.137. The second-order valence-corrected chi connectivity index (χ2v) is 9.38. The molecule has 3 heterocycles. The van der Waals surface area contributed by atoms with E-state index in [-0.39, 0.29) is 53.9 Å². The van der Waals surface area contributed by atoms with E-state index in [9.17, 15) is 26.4 Å². The molecule has 8 nitrogen and oxygen atoms in total. The van der Waals surface area contributed by atoms with Crippen LogP contribution >= 0.6 is 11.6 Å². The van der Waals surface area contributed by atoms with Gasteiger partial charge in [-0.25, -0.2) is 18.4 Å². The Morgan fingerprint density at radius 2 is 1.88 bits per heavy atom. The van der Waals surface area contributed by atoms with E-state index in [2.05, 4.69) is 20.6 Å². The predicted molar refractivity (Wildman–Crippen MR) is 111 cm³/mol. The summed E-state index contributed by atoms with van der Waals surface area (Å²) in [6.45, 7) is 0.876. The highest BCUT2D eigenvalue weighted by atomic mass is 35.5. The molecular weight excluding hydrogens is 471 g/mol. The van der Waals surface area contributed by atoms with Crippen molar-refractivity contribution in [2.45, 2.75) is 23.9 Å². The van der Waals surface area contributed by atoms with Crippen molar-refractivity contribution >= 4 is 33.3 Å². The van der Waals surface area contributed by atoms with Gasteiger partial charge in [-0.3, -0.25) is 4.79 Å². The number of piperidine rings is 1. The summed E-state index contributed by atoms with van der Waals surface area (Å²) in [4.78, 5) is 19.8. The molecule has 32 heavy (non-hydrogen) atoms. The number of hydrogen-bond acceptors (Lipinski definition) is 6. The molecule has 0 aliphatic carbocycles. The first-order valence-electron chi connectivity index (χ1n) is 9.74. The van der Waals surface area contributed by atoms with Crippen molar-refractivity contribution < 1.29 is 26.4 Å². The molecule has 0 aromatic carbocycles. The van der Waals surface area contributed by atoms with E-state index >= 15 is 0 Å². The molecule has 1 aliphatic rings. The quantitative estimate of drug-likeness (QED) is 0.456. The van der Waals surface area contributed by atoms with Crippen LogP contribution < -0.4 is 10.6 Å². The Bertz CT molecular complexity index is 1040. The summed E-state index contributed by atoms with van der Waals surface area (Å²) in [6, 6.07) is 5.03. The van der Waals surface area contributed by atoms with Crippen molar-refractivity contribution in [1.29, 1.82) is 0 Å². The smallest absolute Gasteiger partial charge is 0.368 e. The maximum atomic E-state index is 12.7. The predicted octanol–water partition coefficient (Wildman–Crippen LogP) is 2.78. The van der Waals surface area contributed by atoms with Gasteiger partial charge >= 0.3 is 6.18 Å². The molecular formula is C19H21ClF3N5O3S. The fourth-order valence-corrected chi connectivity index (χ4v) is 5.15. The molecule has 2 N–H and O–H groups in total. The van der Waals surface area contributed by atoms with Gasteiger partial charge in [0.05, 0.1) is 5.56 Å². The number of sulfonamides is 1. The maximum absolute atomic E-state index is 12.7. The van der Waals surface area contributed by atoms with E-state index in [1.165, 1.54) is 28.7 Å². The van der Waals surface area contributed by atoms with Crippen LogP contribution in [0.2, 0.25) is 5.15 Å². The van der Waals surface area contributed by atoms with Gasteiger partial charge in [0.1, 0.15) is 15.9 Å². The molecule has 1 fully saturated rings. The van der Waals surface area contributed by atoms with Gasteiger partial charge in [0.2, 0.25) is 15.9 Å². The number of nitrogens with zero attached hydrogens (tertiary/aromatic N) is 3. The molecule has 174 valence electrons. The van der Waals surface area contributed by atoms with Crippen molar-refractivity contribution in [3.63, 3.8) is 0 Å². The summed E-state index contributed by atoms with van der Waals surface area (Å²) in [5.74, 6) is -0.279. The van der Waals surface area contributed by atoms with Crippen LogP contribution in [-0.4, -0.2) is 54.8 Å². The van der Waals surface area contributed by atoms with E-state index < -0.39 is 21.8 Å². The van der Waals surface area contributed by atoms with Crippen LogP contribution in [0, 0.1) is 5.92 Å². The van der Waals surface area contributed by atoms with Crippen molar-refractivity contribution in [3.05, 3.63) is 47.4 Å². The van der Waals surface area contributed by atoms with Gasteiger partial charge in [-0.15, -0.1) is 0 Å². The fourth-order valence-electron chi connectivity index (χ4n) is 3.25. The van der Waals surface area contributed by atoms with Crippen LogP contribution in [0.25, 0.3) is 0 Å². The van der Waals surface area contributed by atoms with Crippen molar-refractivity contribution in [3.8, 4) is 0 Å². The summed E-state index contributed by atoms with van der Waals surface area (Å²) < 4.78 is 64.3. The number of alkyl halides is 3. The highest BCUT2D eigenvalue weighted by molar-refractivity contribution is 7.89. The highest BCUT2D eigenvalue weighted by Gasteiger charge is 2.33. The van der Waals surface area contributed by atoms with Crippen LogP contribution in [0.4, 0.5) is 19.0 Å². The normalized spacial score (nSPS) is 16.0. The fraction of sp³-hybridized carbons (Fsp3) is 0.421. The van der Waals surface area contributed by atoms with Gasteiger partial charge in [-0.1, -0.05) is 11.6 Å². The number of aromatic nitrogens is 2. The molecule has 3 rings (SSSR count). The van der Waals surface area contributed by atoms with E-state index in [1.807, 2.05) is 0 Å². The van der Waals surface area contributed by atoms with Crippen LogP contribution in [0.5, 0.6) is 0 Å². The number of rotatable bonds is 7. The molecule has 0 saturated carbocycles. The summed E-state index contributed by atoms with van der Waals surface area (Å²) in [5, 5.41) is 5.48. The number of carbonyl (C=O) groups excluding carboxylic acids is 1. The van der Waals surface area contributed by atoms with Gasteiger partial charge in [0.15, 0.2) is 0 Å². The topological polar surface area (TPSA) is 104 Å². The molecule has 0 radical (unpaired) electrons. The standard InChI is InChI=1S/C19H21ClF3N5O3S/c20-17-15(2-1-7-25-17)32(30,31)28-10-5-13(6-11-28)18(29)26-9-8-24-16-4-3-14(12-27-16)19(21,22)23/h1-4,7,12-13H,5-6,8-11H2,(H,24,27)(H,26,29). The second-order valence-electron chi connectivity index (χ2n) is 7.12. The summed E-state index contributed by atoms with van der Waals surface area (Å²) in [5.41, 5.74) is -0.837. The van der Waals surface area contributed by atoms with Crippen molar-refractivity contribution in [2.24, 2.45) is 5.92 Å². The molecule has 0 bridgehead atoms. The Labute approximate surface area is 188 Å². The Balaban J connectivity index is 1.42. The number of halogens is 4. The molecule has 13 heteroatoms. The van der Waals surface area contributed by atoms with Crippen molar-refractivity contribution in [2.75, 3.05) is 31.5 Å². The third kappa shape index (κ3) is 5.87. The van der Waals surface area contributed by atoms with Gasteiger partial charge in [-0.05, 0) is 37.1 Å². The zero-order valence-electron chi connectivity index (χ0n) is 16.8. The van der Waals surface area contributed by atoms with E-state index in [0.29, 0.717) is 12.8 Å². The van der Waals surface area contributed by atoms with Crippen LogP contribution in [0.15, 0.2) is 41.6 Å². The molecule has 1 saturated heterocycles. The lowest BCUT2D eigenvalue weighted by atomic mass is 9.97. The Kier molecular flexibility index (Phi) is 7.57. The first-order valence-corrected chi connectivity index (χ1v) is 11.6. The zero-order chi connectivity index (χ0) is 23.4. The van der Waals surface area contributed by atoms with Gasteiger partial charge in [0, 0.05) is 44.5 Å². The third-order valence-corrected chi connectivity index (χ3v) is 7.33. The zero-order valence-corrected chi connectivity index (χ0v) is 18.3. The minimum atomic E-state index is -4.45. The lowest BCUT2D eigenvalue weighted by Gasteiger charge is -2.30. The third-order valence-electron chi connectivity index (χ3n) is 4.99. The van der Waals surface area contributed by atoms with Crippen LogP contribution in [0.1, 0.15) is 18.4 Å². The molecule has 0 unspecified atom stereocenters. The molecule has 2 aromatic heterocycles. The van der Waals surface area contributed by atoms with Crippen molar-refractivity contribution in [1.82, 2.24) is 19.6 Å². The highest BCUT2D eigenvalue weighted by Crippen LogP contribution is 2.29. The monoisotopic (exact) mass is 491 g/mol. The number of hydrogen-bond donors (Lipinski definition) is 2. The van der Waals surface area contributed by atoms with Gasteiger partial charge in [-0.2, -0.15) is 17.5 Å². The second kappa shape index (κ2) is 10.0. The maximum Gasteiger partial charge on any atom is 0.417 e. The average Bonchev–Trinajstić information content (AvgIpc) is 2.76. The SMILES string of the molecule is O=C(NCCNc1ccc(C(F)(F)F)cn1)C1CCN(S(=O)(=O)c2cccnc2Cl)CC1. The lowest BCUT2D eigenvalue weighted by Crippen LogP contribution is -2.43. The summed E-state index contributed by atoms with van der Waals surface area (Å²) in [6.07, 6.45) is -1.59. The van der Waals surface area contributed by atoms with Gasteiger partial charge in [0.25, 0.3) is 0 Å². The number of nitrogens with one attached hydrogen (secondary N) is 2. The Hall–Kier alpha value is -2.44. The number of carbonyl (C=O) groups is 1. The molecule has 1 amide bonds. The van der Waals surface area contributed by atoms with Crippen LogP contribution in [-0.2, 0) is 21.0 Å². The minimum absolute atomic E-state index is 0.0625. The van der Waals surface area contributed by atoms with Gasteiger partial charge < -0.3 is 10.6 Å². The largest absolute Gasteiger partial charge is 0.417 e. The Morgan fingerprint density at radius 1 is 1.16 bits per heavy atom. The molecule has 1 aliphatic heterocycles. The van der Waals surface area contributed by atoms with E-state index in [1.54, 1.807) is 0 Å². The first kappa shape index (κ1) is 24.2. The van der Waals surface area contributed by atoms with E-state index in [4.69, 9.17) is 11.6 Å². The number of amides is 1. The summed E-state index contributed by atoms with van der Waals surface area (Å²) in [7, 11) is -3.79.